The molecule has 0 bridgehead atoms. The third kappa shape index (κ3) is 15.7. The monoisotopic (exact) mass is 386 g/mol. The van der Waals surface area contributed by atoms with Gasteiger partial charge in [0.25, 0.3) is 0 Å². The Morgan fingerprint density at radius 3 is 1.11 bits per heavy atom. The Bertz CT molecular complexity index is 308. The fourth-order valence-electron chi connectivity index (χ4n) is 2.15. The molecular formula is C21H38O6. The molecule has 0 aliphatic carbocycles. The Kier molecular flexibility index (Phi) is 19.0. The molecule has 0 saturated heterocycles. The van der Waals surface area contributed by atoms with Gasteiger partial charge in [-0.1, -0.05) is 25.2 Å². The molecule has 0 rings (SSSR count). The van der Waals surface area contributed by atoms with Gasteiger partial charge in [-0.15, -0.1) is 19.7 Å². The molecule has 0 aromatic rings. The van der Waals surface area contributed by atoms with E-state index in [1.807, 2.05) is 0 Å². The molecule has 0 atom stereocenters. The lowest BCUT2D eigenvalue weighted by Crippen LogP contribution is -2.38. The van der Waals surface area contributed by atoms with E-state index in [1.165, 1.54) is 0 Å². The molecule has 0 spiro atoms. The van der Waals surface area contributed by atoms with Crippen molar-refractivity contribution in [3.05, 3.63) is 38.0 Å². The van der Waals surface area contributed by atoms with Crippen LogP contribution in [0.25, 0.3) is 0 Å². The van der Waals surface area contributed by atoms with Gasteiger partial charge in [0.15, 0.2) is 0 Å². The van der Waals surface area contributed by atoms with Gasteiger partial charge in [-0.3, -0.25) is 0 Å². The van der Waals surface area contributed by atoms with Crippen molar-refractivity contribution < 1.29 is 28.4 Å². The summed E-state index contributed by atoms with van der Waals surface area (Å²) in [4.78, 5) is 0. The minimum atomic E-state index is -0.213. The topological polar surface area (TPSA) is 55.4 Å². The minimum Gasteiger partial charge on any atom is -0.378 e. The predicted molar refractivity (Wildman–Crippen MR) is 108 cm³/mol. The first kappa shape index (κ1) is 26.0. The SMILES string of the molecule is C=CCOCCOCC(CC)(COCCOCC=C)COCCOCC=C. The quantitative estimate of drug-likeness (QED) is 0.211. The lowest BCUT2D eigenvalue weighted by atomic mass is 9.88. The molecule has 158 valence electrons. The van der Waals surface area contributed by atoms with E-state index >= 15 is 0 Å². The second-order valence-corrected chi connectivity index (χ2v) is 6.10. The van der Waals surface area contributed by atoms with Crippen molar-refractivity contribution in [1.82, 2.24) is 0 Å². The first-order valence-corrected chi connectivity index (χ1v) is 9.53. The van der Waals surface area contributed by atoms with E-state index in [0.717, 1.165) is 6.42 Å². The second kappa shape index (κ2) is 19.7. The molecule has 6 nitrogen and oxygen atoms in total. The molecule has 0 radical (unpaired) electrons. The van der Waals surface area contributed by atoms with E-state index in [2.05, 4.69) is 26.7 Å². The van der Waals surface area contributed by atoms with Crippen LogP contribution < -0.4 is 0 Å². The van der Waals surface area contributed by atoms with Crippen molar-refractivity contribution in [3.8, 4) is 0 Å². The van der Waals surface area contributed by atoms with Crippen molar-refractivity contribution in [2.24, 2.45) is 5.41 Å². The zero-order chi connectivity index (χ0) is 20.1. The Morgan fingerprint density at radius 1 is 0.556 bits per heavy atom. The van der Waals surface area contributed by atoms with Crippen LogP contribution in [-0.2, 0) is 28.4 Å². The highest BCUT2D eigenvalue weighted by Crippen LogP contribution is 2.24. The van der Waals surface area contributed by atoms with Crippen LogP contribution in [-0.4, -0.2) is 79.3 Å². The molecule has 0 aromatic heterocycles. The smallest absolute Gasteiger partial charge is 0.0704 e. The summed E-state index contributed by atoms with van der Waals surface area (Å²) in [5.74, 6) is 0. The summed E-state index contributed by atoms with van der Waals surface area (Å²) in [6.45, 7) is 19.4. The zero-order valence-corrected chi connectivity index (χ0v) is 17.0. The van der Waals surface area contributed by atoms with E-state index in [4.69, 9.17) is 28.4 Å². The summed E-state index contributed by atoms with van der Waals surface area (Å²) in [6, 6.07) is 0. The van der Waals surface area contributed by atoms with Crippen molar-refractivity contribution in [2.75, 3.05) is 79.3 Å². The van der Waals surface area contributed by atoms with Crippen molar-refractivity contribution in [2.45, 2.75) is 13.3 Å². The molecule has 0 fully saturated rings. The van der Waals surface area contributed by atoms with Gasteiger partial charge in [0, 0.05) is 5.41 Å². The maximum Gasteiger partial charge on any atom is 0.0704 e. The first-order chi connectivity index (χ1) is 13.2. The van der Waals surface area contributed by atoms with Crippen molar-refractivity contribution >= 4 is 0 Å². The van der Waals surface area contributed by atoms with Gasteiger partial charge in [-0.05, 0) is 6.42 Å². The highest BCUT2D eigenvalue weighted by molar-refractivity contribution is 4.78. The van der Waals surface area contributed by atoms with Crippen LogP contribution in [0.1, 0.15) is 13.3 Å². The van der Waals surface area contributed by atoms with Gasteiger partial charge < -0.3 is 28.4 Å². The van der Waals surface area contributed by atoms with Gasteiger partial charge in [-0.2, -0.15) is 0 Å². The fourth-order valence-corrected chi connectivity index (χ4v) is 2.15. The maximum absolute atomic E-state index is 5.82. The number of hydrogen-bond donors (Lipinski definition) is 0. The Balaban J connectivity index is 4.28. The second-order valence-electron chi connectivity index (χ2n) is 6.10. The predicted octanol–water partition coefficient (Wildman–Crippen LogP) is 3.04. The lowest BCUT2D eigenvalue weighted by Gasteiger charge is -2.32. The van der Waals surface area contributed by atoms with Crippen LogP contribution in [0.3, 0.4) is 0 Å². The minimum absolute atomic E-state index is 0.213. The van der Waals surface area contributed by atoms with E-state index in [0.29, 0.717) is 79.3 Å². The van der Waals surface area contributed by atoms with Crippen LogP contribution in [0.4, 0.5) is 0 Å². The molecule has 0 amide bonds. The van der Waals surface area contributed by atoms with Crippen LogP contribution in [0.5, 0.6) is 0 Å². The summed E-state index contributed by atoms with van der Waals surface area (Å²) in [7, 11) is 0. The molecular weight excluding hydrogens is 348 g/mol. The summed E-state index contributed by atoms with van der Waals surface area (Å²) in [6.07, 6.45) is 6.05. The summed E-state index contributed by atoms with van der Waals surface area (Å²) in [5.41, 5.74) is -0.213. The maximum atomic E-state index is 5.82. The van der Waals surface area contributed by atoms with E-state index in [-0.39, 0.29) is 5.41 Å². The van der Waals surface area contributed by atoms with Gasteiger partial charge in [-0.25, -0.2) is 0 Å². The Labute approximate surface area is 165 Å². The molecule has 0 unspecified atom stereocenters. The summed E-state index contributed by atoms with van der Waals surface area (Å²) < 4.78 is 33.5. The van der Waals surface area contributed by atoms with Gasteiger partial charge in [0.1, 0.15) is 0 Å². The van der Waals surface area contributed by atoms with Crippen molar-refractivity contribution in [3.63, 3.8) is 0 Å². The van der Waals surface area contributed by atoms with Crippen LogP contribution >= 0.6 is 0 Å². The van der Waals surface area contributed by atoms with E-state index in [1.54, 1.807) is 18.2 Å². The average Bonchev–Trinajstić information content (AvgIpc) is 2.69. The van der Waals surface area contributed by atoms with Gasteiger partial charge >= 0.3 is 0 Å². The Hall–Kier alpha value is -1.02. The Morgan fingerprint density at radius 2 is 0.852 bits per heavy atom. The molecule has 0 aliphatic heterocycles. The number of ether oxygens (including phenoxy) is 6. The van der Waals surface area contributed by atoms with Crippen LogP contribution in [0.2, 0.25) is 0 Å². The number of hydrogen-bond acceptors (Lipinski definition) is 6. The molecule has 6 heteroatoms. The van der Waals surface area contributed by atoms with Crippen LogP contribution in [0.15, 0.2) is 38.0 Å². The van der Waals surface area contributed by atoms with Crippen molar-refractivity contribution in [1.29, 1.82) is 0 Å². The van der Waals surface area contributed by atoms with E-state index < -0.39 is 0 Å². The van der Waals surface area contributed by atoms with Gasteiger partial charge in [0.2, 0.25) is 0 Å². The molecule has 0 saturated carbocycles. The molecule has 0 aliphatic rings. The third-order valence-corrected chi connectivity index (χ3v) is 3.80. The van der Waals surface area contributed by atoms with Crippen LogP contribution in [0, 0.1) is 5.41 Å². The highest BCUT2D eigenvalue weighted by Gasteiger charge is 2.29. The normalized spacial score (nSPS) is 11.4. The highest BCUT2D eigenvalue weighted by atomic mass is 16.5. The number of rotatable bonds is 22. The molecule has 27 heavy (non-hydrogen) atoms. The first-order valence-electron chi connectivity index (χ1n) is 9.53. The lowest BCUT2D eigenvalue weighted by molar-refractivity contribution is -0.0874. The third-order valence-electron chi connectivity index (χ3n) is 3.80. The van der Waals surface area contributed by atoms with Gasteiger partial charge in [0.05, 0.1) is 79.3 Å². The standard InChI is InChI=1S/C21H38O6/c1-5-9-22-12-15-25-18-21(8-4,19-26-16-13-23-10-6-2)20-27-17-14-24-11-7-3/h5-7H,1-3,8-20H2,4H3. The fraction of sp³-hybridized carbons (Fsp3) is 0.714. The summed E-state index contributed by atoms with van der Waals surface area (Å²) >= 11 is 0. The molecule has 0 heterocycles. The summed E-state index contributed by atoms with van der Waals surface area (Å²) in [5, 5.41) is 0. The van der Waals surface area contributed by atoms with E-state index in [9.17, 15) is 0 Å². The average molecular weight is 387 g/mol. The molecule has 0 aromatic carbocycles. The zero-order valence-electron chi connectivity index (χ0n) is 17.0. The largest absolute Gasteiger partial charge is 0.378 e. The molecule has 0 N–H and O–H groups in total.